The van der Waals surface area contributed by atoms with Gasteiger partial charge in [-0.25, -0.2) is 15.0 Å². The van der Waals surface area contributed by atoms with Gasteiger partial charge in [-0.05, 0) is 69.0 Å². The van der Waals surface area contributed by atoms with Crippen LogP contribution in [-0.2, 0) is 30.0 Å². The van der Waals surface area contributed by atoms with Crippen molar-refractivity contribution in [1.29, 1.82) is 0 Å². The Kier molecular flexibility index (Phi) is 8.16. The number of anilines is 1. The second-order valence-corrected chi connectivity index (χ2v) is 24.4. The van der Waals surface area contributed by atoms with Crippen molar-refractivity contribution in [2.75, 3.05) is 12.3 Å². The van der Waals surface area contributed by atoms with E-state index < -0.39 is 38.6 Å². The first-order chi connectivity index (χ1) is 18.5. The summed E-state index contributed by atoms with van der Waals surface area (Å²) in [4.78, 5) is 12.7. The number of hydrogen-bond acceptors (Lipinski definition) is 11. The van der Waals surface area contributed by atoms with Gasteiger partial charge in [0, 0.05) is 4.75 Å². The van der Waals surface area contributed by atoms with Crippen LogP contribution in [0, 0.1) is 5.92 Å². The van der Waals surface area contributed by atoms with E-state index in [-0.39, 0.29) is 28.3 Å². The molecule has 2 aliphatic heterocycles. The third-order valence-corrected chi connectivity index (χ3v) is 19.3. The van der Waals surface area contributed by atoms with Crippen molar-refractivity contribution in [3.05, 3.63) is 24.8 Å². The van der Waals surface area contributed by atoms with Crippen molar-refractivity contribution < 1.29 is 23.3 Å². The molecule has 2 aromatic rings. The van der Waals surface area contributed by atoms with E-state index in [4.69, 9.17) is 35.8 Å². The Morgan fingerprint density at radius 1 is 1.38 bits per heavy atom. The molecule has 14 heteroatoms. The Labute approximate surface area is 246 Å². The van der Waals surface area contributed by atoms with Crippen molar-refractivity contribution in [2.24, 2.45) is 5.92 Å². The van der Waals surface area contributed by atoms with Gasteiger partial charge in [-0.1, -0.05) is 44.3 Å². The molecule has 0 bridgehead atoms. The molecule has 222 valence electrons. The number of nitrogen functional groups attached to an aromatic ring is 1. The van der Waals surface area contributed by atoms with Gasteiger partial charge in [0.25, 0.3) is 0 Å². The van der Waals surface area contributed by atoms with E-state index in [2.05, 4.69) is 69.2 Å². The molecule has 5 rings (SSSR count). The zero-order valence-corrected chi connectivity index (χ0v) is 27.9. The maximum Gasteiger partial charge on any atom is 0.248 e. The first-order valence-electron chi connectivity index (χ1n) is 13.8. The number of allylic oxidation sites excluding steroid dienone is 1. The number of ether oxygens (including phenoxy) is 1. The molecule has 3 N–H and O–H groups in total. The zero-order valence-electron chi connectivity index (χ0n) is 24.4. The van der Waals surface area contributed by atoms with Crippen molar-refractivity contribution >= 4 is 54.2 Å². The smallest absolute Gasteiger partial charge is 0.248 e. The summed E-state index contributed by atoms with van der Waals surface area (Å²) in [6.07, 6.45) is 2.98. The Hall–Kier alpha value is -0.893. The van der Waals surface area contributed by atoms with E-state index in [1.54, 1.807) is 22.3 Å². The van der Waals surface area contributed by atoms with Crippen molar-refractivity contribution in [2.45, 2.75) is 107 Å². The number of aliphatic hydroxyl groups is 1. The van der Waals surface area contributed by atoms with E-state index in [1.807, 2.05) is 0 Å². The lowest BCUT2D eigenvalue weighted by Crippen LogP contribution is -2.49. The molecular formula is C26H42N5O5PS2Si. The summed E-state index contributed by atoms with van der Waals surface area (Å²) < 4.78 is 27.8. The minimum atomic E-state index is -2.65. The van der Waals surface area contributed by atoms with Gasteiger partial charge in [0.1, 0.15) is 30.2 Å². The van der Waals surface area contributed by atoms with Crippen molar-refractivity contribution in [1.82, 2.24) is 19.5 Å². The highest BCUT2D eigenvalue weighted by atomic mass is 32.9. The zero-order chi connectivity index (χ0) is 29.3. The first-order valence-corrected chi connectivity index (χ1v) is 20.7. The summed E-state index contributed by atoms with van der Waals surface area (Å²) in [5.41, 5.74) is 5.49. The van der Waals surface area contributed by atoms with E-state index in [9.17, 15) is 5.11 Å². The lowest BCUT2D eigenvalue weighted by molar-refractivity contribution is -0.0475. The third kappa shape index (κ3) is 5.58. The minimum Gasteiger partial charge on any atom is -0.408 e. The number of rotatable bonds is 7. The first kappa shape index (κ1) is 30.6. The normalized spacial score (nSPS) is 36.7. The largest absolute Gasteiger partial charge is 0.408 e. The molecule has 0 radical (unpaired) electrons. The SMILES string of the molecule is C=C(C)[C@@H]1CC[C@]2(C)S[P@@](=S)(OC[C@H]3O[C@@H](n4cnc5c(N)ncnc54)[C@H](O)[C@@H]3O[Si](C)(C)C(C)(C)C)O[C@H]2C1. The Morgan fingerprint density at radius 2 is 2.10 bits per heavy atom. The molecular weight excluding hydrogens is 586 g/mol. The van der Waals surface area contributed by atoms with Crippen LogP contribution in [0.15, 0.2) is 24.8 Å². The highest BCUT2D eigenvalue weighted by Gasteiger charge is 2.55. The van der Waals surface area contributed by atoms with Gasteiger partial charge in [-0.2, -0.15) is 0 Å². The Balaban J connectivity index is 1.38. The van der Waals surface area contributed by atoms with Crippen LogP contribution in [0.2, 0.25) is 18.1 Å². The molecule has 3 fully saturated rings. The van der Waals surface area contributed by atoms with E-state index in [0.717, 1.165) is 19.3 Å². The van der Waals surface area contributed by atoms with E-state index in [1.165, 1.54) is 11.9 Å². The van der Waals surface area contributed by atoms with Crippen LogP contribution >= 0.6 is 17.1 Å². The molecule has 4 heterocycles. The standard InChI is InChI=1S/C26H42N5O5PS2Si/c1-15(2)16-9-10-26(6)18(11-16)35-37(38,39-26)33-12-17-21(36-40(7,8)25(3,4)5)20(32)24(34-17)31-14-30-19-22(27)28-13-29-23(19)31/h13-14,16-18,20-21,24,32H,1,9-12H2,2-8H3,(H2,27,28,29)/t16-,17-,18+,20-,21-,24-,26+,37+/m1/s1. The van der Waals surface area contributed by atoms with Crippen LogP contribution < -0.4 is 5.73 Å². The van der Waals surface area contributed by atoms with Gasteiger partial charge < -0.3 is 29.1 Å². The maximum atomic E-state index is 11.6. The summed E-state index contributed by atoms with van der Waals surface area (Å²) in [6, 6.07) is 0. The maximum absolute atomic E-state index is 11.6. The van der Waals surface area contributed by atoms with Gasteiger partial charge in [0.15, 0.2) is 26.0 Å². The number of imidazole rings is 1. The highest BCUT2D eigenvalue weighted by molar-refractivity contribution is 8.68. The number of fused-ring (bicyclic) bond motifs is 2. The molecule has 0 amide bonds. The predicted molar refractivity (Wildman–Crippen MR) is 165 cm³/mol. The van der Waals surface area contributed by atoms with Gasteiger partial charge >= 0.3 is 0 Å². The van der Waals surface area contributed by atoms with Crippen LogP contribution in [0.25, 0.3) is 11.2 Å². The molecule has 10 nitrogen and oxygen atoms in total. The lowest BCUT2D eigenvalue weighted by Gasteiger charge is -2.40. The Bertz CT molecular complexity index is 1340. The second-order valence-electron chi connectivity index (χ2n) is 13.0. The van der Waals surface area contributed by atoms with Crippen LogP contribution in [0.1, 0.15) is 60.1 Å². The molecule has 8 atom stereocenters. The summed E-state index contributed by atoms with van der Waals surface area (Å²) >= 11 is 7.70. The van der Waals surface area contributed by atoms with Gasteiger partial charge in [-0.3, -0.25) is 4.57 Å². The molecule has 2 saturated heterocycles. The molecule has 3 aliphatic rings. The number of aromatic nitrogens is 4. The molecule has 1 aliphatic carbocycles. The highest BCUT2D eigenvalue weighted by Crippen LogP contribution is 2.75. The molecule has 0 aromatic carbocycles. The number of hydrogen-bond donors (Lipinski definition) is 2. The summed E-state index contributed by atoms with van der Waals surface area (Å²) in [5, 5.41) is 11.6. The average molecular weight is 628 g/mol. The molecule has 40 heavy (non-hydrogen) atoms. The molecule has 0 unspecified atom stereocenters. The number of nitrogens with two attached hydrogens (primary N) is 1. The fraction of sp³-hybridized carbons (Fsp3) is 0.731. The second kappa shape index (κ2) is 10.7. The quantitative estimate of drug-likeness (QED) is 0.227. The fourth-order valence-electron chi connectivity index (χ4n) is 5.41. The monoisotopic (exact) mass is 627 g/mol. The average Bonchev–Trinajstić information content (AvgIpc) is 3.48. The fourth-order valence-corrected chi connectivity index (χ4v) is 13.9. The van der Waals surface area contributed by atoms with Crippen LogP contribution in [0.4, 0.5) is 5.82 Å². The number of nitrogens with zero attached hydrogens (tertiary/aromatic N) is 4. The van der Waals surface area contributed by atoms with Crippen LogP contribution in [0.5, 0.6) is 0 Å². The minimum absolute atomic E-state index is 0.0309. The predicted octanol–water partition coefficient (Wildman–Crippen LogP) is 5.57. The topological polar surface area (TPSA) is 127 Å². The van der Waals surface area contributed by atoms with Crippen molar-refractivity contribution in [3.63, 3.8) is 0 Å². The van der Waals surface area contributed by atoms with E-state index in [0.29, 0.717) is 17.1 Å². The summed E-state index contributed by atoms with van der Waals surface area (Å²) in [5.74, 6) is 0.710. The van der Waals surface area contributed by atoms with Crippen LogP contribution in [0.3, 0.4) is 0 Å². The van der Waals surface area contributed by atoms with Crippen molar-refractivity contribution in [3.8, 4) is 0 Å². The van der Waals surface area contributed by atoms with E-state index >= 15 is 0 Å². The van der Waals surface area contributed by atoms with Gasteiger partial charge in [-0.15, -0.1) is 0 Å². The van der Waals surface area contributed by atoms with Gasteiger partial charge in [0.05, 0.1) is 19.0 Å². The summed E-state index contributed by atoms with van der Waals surface area (Å²) in [7, 11) is -2.29. The molecule has 0 spiro atoms. The number of aliphatic hydroxyl groups excluding tert-OH is 1. The third-order valence-electron chi connectivity index (χ3n) is 9.05. The Morgan fingerprint density at radius 3 is 2.77 bits per heavy atom. The summed E-state index contributed by atoms with van der Waals surface area (Å²) in [6.45, 7) is 19.5. The lowest BCUT2D eigenvalue weighted by atomic mass is 9.77. The van der Waals surface area contributed by atoms with Crippen LogP contribution in [-0.4, -0.2) is 68.7 Å². The van der Waals surface area contributed by atoms with Gasteiger partial charge in [0.2, 0.25) is 5.69 Å². The molecule has 1 saturated carbocycles. The molecule has 2 aromatic heterocycles.